The molecule has 0 unspecified atom stereocenters. The van der Waals surface area contributed by atoms with Gasteiger partial charge in [0.2, 0.25) is 5.91 Å². The maximum atomic E-state index is 12.6. The number of carbonyl (C=O) groups excluding carboxylic acids is 2. The number of rotatable bonds is 5. The van der Waals surface area contributed by atoms with Gasteiger partial charge in [-0.05, 0) is 47.9 Å². The quantitative estimate of drug-likeness (QED) is 0.512. The Kier molecular flexibility index (Phi) is 4.87. The van der Waals surface area contributed by atoms with Gasteiger partial charge in [-0.2, -0.15) is 0 Å². The Morgan fingerprint density at radius 2 is 1.82 bits per heavy atom. The lowest BCUT2D eigenvalue weighted by Crippen LogP contribution is -2.20. The number of hydrogen-bond donors (Lipinski definition) is 2. The first-order chi connectivity index (χ1) is 13.6. The van der Waals surface area contributed by atoms with Crippen LogP contribution in [-0.4, -0.2) is 16.4 Å². The van der Waals surface area contributed by atoms with Gasteiger partial charge in [0.15, 0.2) is 5.76 Å². The second-order valence-electron chi connectivity index (χ2n) is 6.17. The van der Waals surface area contributed by atoms with E-state index in [1.165, 1.54) is 6.26 Å². The standard InChI is InChI=1S/C21H16ClN3O3/c22-15-7-8-16(17(12-15)24-21(27)19-6-3-11-28-19)23-20(26)13-25-10-9-14-4-1-2-5-18(14)25/h1-12H,13H2,(H,23,26)(H,24,27). The number of halogens is 1. The average molecular weight is 394 g/mol. The molecule has 2 N–H and O–H groups in total. The van der Waals surface area contributed by atoms with Crippen molar-refractivity contribution in [2.75, 3.05) is 10.6 Å². The van der Waals surface area contributed by atoms with Crippen molar-refractivity contribution < 1.29 is 14.0 Å². The Hall–Kier alpha value is -3.51. The Labute approximate surface area is 165 Å². The summed E-state index contributed by atoms with van der Waals surface area (Å²) in [6.45, 7) is 0.141. The number of para-hydroxylation sites is 1. The second kappa shape index (κ2) is 7.62. The van der Waals surface area contributed by atoms with Crippen molar-refractivity contribution in [1.29, 1.82) is 0 Å². The van der Waals surface area contributed by atoms with Crippen LogP contribution in [0.2, 0.25) is 5.02 Å². The number of nitrogens with zero attached hydrogens (tertiary/aromatic N) is 1. The molecule has 7 heteroatoms. The minimum atomic E-state index is -0.431. The van der Waals surface area contributed by atoms with E-state index in [-0.39, 0.29) is 18.2 Å². The van der Waals surface area contributed by atoms with E-state index in [0.29, 0.717) is 16.4 Å². The lowest BCUT2D eigenvalue weighted by molar-refractivity contribution is -0.116. The highest BCUT2D eigenvalue weighted by atomic mass is 35.5. The van der Waals surface area contributed by atoms with Gasteiger partial charge < -0.3 is 19.6 Å². The van der Waals surface area contributed by atoms with E-state index >= 15 is 0 Å². The third kappa shape index (κ3) is 3.77. The van der Waals surface area contributed by atoms with Crippen molar-refractivity contribution in [2.45, 2.75) is 6.54 Å². The number of amides is 2. The molecule has 0 aliphatic heterocycles. The molecular weight excluding hydrogens is 378 g/mol. The molecule has 0 saturated heterocycles. The van der Waals surface area contributed by atoms with Crippen molar-refractivity contribution in [3.8, 4) is 0 Å². The van der Waals surface area contributed by atoms with Gasteiger partial charge in [0.1, 0.15) is 6.54 Å². The van der Waals surface area contributed by atoms with Gasteiger partial charge in [0.25, 0.3) is 5.91 Å². The normalized spacial score (nSPS) is 10.8. The molecule has 0 spiro atoms. The zero-order valence-corrected chi connectivity index (χ0v) is 15.4. The molecule has 4 rings (SSSR count). The van der Waals surface area contributed by atoms with Crippen LogP contribution in [0.5, 0.6) is 0 Å². The maximum Gasteiger partial charge on any atom is 0.291 e. The number of hydrogen-bond acceptors (Lipinski definition) is 3. The largest absolute Gasteiger partial charge is 0.459 e. The molecular formula is C21H16ClN3O3. The molecule has 140 valence electrons. The van der Waals surface area contributed by atoms with Gasteiger partial charge in [0.05, 0.1) is 17.6 Å². The predicted octanol–water partition coefficient (Wildman–Crippen LogP) is 4.78. The molecule has 0 radical (unpaired) electrons. The van der Waals surface area contributed by atoms with E-state index in [0.717, 1.165) is 10.9 Å². The summed E-state index contributed by atoms with van der Waals surface area (Å²) in [7, 11) is 0. The number of fused-ring (bicyclic) bond motifs is 1. The number of anilines is 2. The van der Waals surface area contributed by atoms with Crippen LogP contribution in [0.3, 0.4) is 0 Å². The minimum Gasteiger partial charge on any atom is -0.459 e. The van der Waals surface area contributed by atoms with Crippen molar-refractivity contribution in [2.24, 2.45) is 0 Å². The summed E-state index contributed by atoms with van der Waals surface area (Å²) >= 11 is 6.05. The highest BCUT2D eigenvalue weighted by Gasteiger charge is 2.14. The molecule has 0 bridgehead atoms. The molecule has 4 aromatic rings. The van der Waals surface area contributed by atoms with Gasteiger partial charge >= 0.3 is 0 Å². The first kappa shape index (κ1) is 17.9. The van der Waals surface area contributed by atoms with Gasteiger partial charge in [0, 0.05) is 16.7 Å². The van der Waals surface area contributed by atoms with E-state index < -0.39 is 5.91 Å². The minimum absolute atomic E-state index is 0.141. The van der Waals surface area contributed by atoms with E-state index in [1.54, 1.807) is 30.3 Å². The Morgan fingerprint density at radius 3 is 2.64 bits per heavy atom. The number of aromatic nitrogens is 1. The fraction of sp³-hybridized carbons (Fsp3) is 0.0476. The molecule has 2 amide bonds. The van der Waals surface area contributed by atoms with Gasteiger partial charge in [-0.15, -0.1) is 0 Å². The fourth-order valence-electron chi connectivity index (χ4n) is 2.94. The Bertz CT molecular complexity index is 1150. The van der Waals surface area contributed by atoms with Crippen molar-refractivity contribution >= 4 is 45.7 Å². The third-order valence-corrected chi connectivity index (χ3v) is 4.48. The number of nitrogens with one attached hydrogen (secondary N) is 2. The molecule has 2 aromatic heterocycles. The smallest absolute Gasteiger partial charge is 0.291 e. The maximum absolute atomic E-state index is 12.6. The molecule has 0 aliphatic rings. The van der Waals surface area contributed by atoms with Gasteiger partial charge in [-0.25, -0.2) is 0 Å². The molecule has 0 aliphatic carbocycles. The lowest BCUT2D eigenvalue weighted by Gasteiger charge is -2.13. The van der Waals surface area contributed by atoms with Crippen LogP contribution in [0.4, 0.5) is 11.4 Å². The summed E-state index contributed by atoms with van der Waals surface area (Å²) in [5.41, 5.74) is 1.81. The fourth-order valence-corrected chi connectivity index (χ4v) is 3.12. The highest BCUT2D eigenvalue weighted by molar-refractivity contribution is 6.31. The highest BCUT2D eigenvalue weighted by Crippen LogP contribution is 2.27. The molecule has 0 fully saturated rings. The summed E-state index contributed by atoms with van der Waals surface area (Å²) in [4.78, 5) is 24.8. The molecule has 2 heterocycles. The topological polar surface area (TPSA) is 76.3 Å². The van der Waals surface area contributed by atoms with Crippen LogP contribution in [0, 0.1) is 0 Å². The zero-order valence-electron chi connectivity index (χ0n) is 14.7. The van der Waals surface area contributed by atoms with E-state index in [1.807, 2.05) is 41.1 Å². The van der Waals surface area contributed by atoms with E-state index in [4.69, 9.17) is 16.0 Å². The monoisotopic (exact) mass is 393 g/mol. The van der Waals surface area contributed by atoms with Gasteiger partial charge in [-0.3, -0.25) is 9.59 Å². The SMILES string of the molecule is O=C(Cn1ccc2ccccc21)Nc1ccc(Cl)cc1NC(=O)c1ccco1. The number of carbonyl (C=O) groups is 2. The number of benzene rings is 2. The van der Waals surface area contributed by atoms with Crippen LogP contribution >= 0.6 is 11.6 Å². The van der Waals surface area contributed by atoms with Crippen LogP contribution < -0.4 is 10.6 Å². The van der Waals surface area contributed by atoms with Crippen molar-refractivity contribution in [3.05, 3.63) is 83.9 Å². The lowest BCUT2D eigenvalue weighted by atomic mass is 10.2. The van der Waals surface area contributed by atoms with E-state index in [2.05, 4.69) is 10.6 Å². The average Bonchev–Trinajstić information content (AvgIpc) is 3.35. The first-order valence-electron chi connectivity index (χ1n) is 8.58. The van der Waals surface area contributed by atoms with Gasteiger partial charge in [-0.1, -0.05) is 29.8 Å². The molecule has 0 saturated carbocycles. The predicted molar refractivity (Wildman–Crippen MR) is 109 cm³/mol. The second-order valence-corrected chi connectivity index (χ2v) is 6.61. The molecule has 0 atom stereocenters. The third-order valence-electron chi connectivity index (χ3n) is 4.24. The van der Waals surface area contributed by atoms with Crippen LogP contribution in [0.15, 0.2) is 77.5 Å². The van der Waals surface area contributed by atoms with Crippen LogP contribution in [0.25, 0.3) is 10.9 Å². The molecule has 2 aromatic carbocycles. The van der Waals surface area contributed by atoms with Crippen LogP contribution in [0.1, 0.15) is 10.6 Å². The summed E-state index contributed by atoms with van der Waals surface area (Å²) in [5.74, 6) is -0.493. The number of furan rings is 1. The van der Waals surface area contributed by atoms with Crippen molar-refractivity contribution in [1.82, 2.24) is 4.57 Å². The van der Waals surface area contributed by atoms with Crippen LogP contribution in [-0.2, 0) is 11.3 Å². The first-order valence-corrected chi connectivity index (χ1v) is 8.96. The van der Waals surface area contributed by atoms with Crippen molar-refractivity contribution in [3.63, 3.8) is 0 Å². The molecule has 28 heavy (non-hydrogen) atoms. The molecule has 6 nitrogen and oxygen atoms in total. The summed E-state index contributed by atoms with van der Waals surface area (Å²) in [6.07, 6.45) is 3.28. The zero-order chi connectivity index (χ0) is 19.5. The Morgan fingerprint density at radius 1 is 0.964 bits per heavy atom. The summed E-state index contributed by atoms with van der Waals surface area (Å²) in [6, 6.07) is 17.8. The van der Waals surface area contributed by atoms with E-state index in [9.17, 15) is 9.59 Å². The summed E-state index contributed by atoms with van der Waals surface area (Å²) in [5, 5.41) is 7.03. The Balaban J connectivity index is 1.52. The summed E-state index contributed by atoms with van der Waals surface area (Å²) < 4.78 is 6.96.